The van der Waals surface area contributed by atoms with Crippen LogP contribution >= 0.6 is 0 Å². The molecule has 2 aromatic rings. The van der Waals surface area contributed by atoms with Crippen molar-refractivity contribution < 1.29 is 22.6 Å². The maximum absolute atomic E-state index is 12.9. The van der Waals surface area contributed by atoms with Gasteiger partial charge in [0.25, 0.3) is 0 Å². The van der Waals surface area contributed by atoms with Crippen molar-refractivity contribution in [3.63, 3.8) is 0 Å². The summed E-state index contributed by atoms with van der Waals surface area (Å²) < 4.78 is 46.2. The molecule has 2 heterocycles. The van der Waals surface area contributed by atoms with Gasteiger partial charge in [0, 0.05) is 38.1 Å². The van der Waals surface area contributed by atoms with Crippen LogP contribution in [-0.2, 0) is 26.5 Å². The second kappa shape index (κ2) is 7.75. The van der Waals surface area contributed by atoms with E-state index in [9.17, 15) is 8.42 Å². The Hall–Kier alpha value is -1.94. The van der Waals surface area contributed by atoms with Crippen LogP contribution in [0.5, 0.6) is 5.75 Å². The molecule has 0 unspecified atom stereocenters. The monoisotopic (exact) mass is 381 g/mol. The Morgan fingerprint density at radius 1 is 1.35 bits per heavy atom. The van der Waals surface area contributed by atoms with Gasteiger partial charge in [-0.15, -0.1) is 0 Å². The largest absolute Gasteiger partial charge is 0.496 e. The summed E-state index contributed by atoms with van der Waals surface area (Å²) in [7, 11) is 1.18. The van der Waals surface area contributed by atoms with Gasteiger partial charge >= 0.3 is 0 Å². The fraction of sp³-hybridized carbons (Fsp3) is 0.471. The Balaban J connectivity index is 1.92. The van der Waals surface area contributed by atoms with Gasteiger partial charge in [-0.05, 0) is 24.6 Å². The Morgan fingerprint density at radius 3 is 2.81 bits per heavy atom. The lowest BCUT2D eigenvalue weighted by Gasteiger charge is -2.30. The highest BCUT2D eigenvalue weighted by Crippen LogP contribution is 2.32. The molecule has 3 rings (SSSR count). The van der Waals surface area contributed by atoms with Crippen molar-refractivity contribution in [3.05, 3.63) is 30.6 Å². The number of benzene rings is 1. The van der Waals surface area contributed by atoms with E-state index >= 15 is 0 Å². The first-order chi connectivity index (χ1) is 12.4. The third-order valence-electron chi connectivity index (χ3n) is 4.41. The van der Waals surface area contributed by atoms with E-state index in [0.29, 0.717) is 30.9 Å². The SMILES string of the molecule is COc1ccc(S(=O)(=O)N[C@H]2CCOC[C@@H]2OC)cc1-c1cnn(C)c1. The first kappa shape index (κ1) is 18.8. The molecule has 0 spiro atoms. The molecule has 1 aliphatic rings. The zero-order chi connectivity index (χ0) is 18.7. The molecule has 142 valence electrons. The molecule has 0 saturated carbocycles. The third kappa shape index (κ3) is 3.90. The number of aryl methyl sites for hydroxylation is 1. The molecule has 0 amide bonds. The van der Waals surface area contributed by atoms with E-state index in [4.69, 9.17) is 14.2 Å². The molecule has 1 aliphatic heterocycles. The van der Waals surface area contributed by atoms with E-state index < -0.39 is 10.0 Å². The van der Waals surface area contributed by atoms with Crippen LogP contribution in [0.2, 0.25) is 0 Å². The Kier molecular flexibility index (Phi) is 5.61. The number of nitrogens with zero attached hydrogens (tertiary/aromatic N) is 2. The minimum absolute atomic E-state index is 0.165. The predicted molar refractivity (Wildman–Crippen MR) is 95.5 cm³/mol. The van der Waals surface area contributed by atoms with Crippen molar-refractivity contribution in [2.75, 3.05) is 27.4 Å². The number of sulfonamides is 1. The fourth-order valence-electron chi connectivity index (χ4n) is 2.99. The van der Waals surface area contributed by atoms with Crippen LogP contribution in [0, 0.1) is 0 Å². The molecule has 9 heteroatoms. The van der Waals surface area contributed by atoms with Crippen molar-refractivity contribution in [2.24, 2.45) is 7.05 Å². The first-order valence-corrected chi connectivity index (χ1v) is 9.73. The summed E-state index contributed by atoms with van der Waals surface area (Å²) in [5.41, 5.74) is 1.45. The van der Waals surface area contributed by atoms with E-state index in [0.717, 1.165) is 5.56 Å². The molecule has 1 aromatic heterocycles. The Bertz CT molecular complexity index is 865. The van der Waals surface area contributed by atoms with Crippen LogP contribution in [0.3, 0.4) is 0 Å². The standard InChI is InChI=1S/C17H23N3O5S/c1-20-10-12(9-18-20)14-8-13(4-5-16(14)23-2)26(21,22)19-15-6-7-25-11-17(15)24-3/h4-5,8-10,15,17,19H,6-7,11H2,1-3H3/t15-,17-/m0/s1. The van der Waals surface area contributed by atoms with Gasteiger partial charge < -0.3 is 14.2 Å². The fourth-order valence-corrected chi connectivity index (χ4v) is 4.31. The van der Waals surface area contributed by atoms with E-state index in [1.165, 1.54) is 6.07 Å². The smallest absolute Gasteiger partial charge is 0.240 e. The molecular weight excluding hydrogens is 358 g/mol. The van der Waals surface area contributed by atoms with Crippen molar-refractivity contribution >= 4 is 10.0 Å². The molecule has 8 nitrogen and oxygen atoms in total. The summed E-state index contributed by atoms with van der Waals surface area (Å²) in [5.74, 6) is 0.581. The Morgan fingerprint density at radius 2 is 2.15 bits per heavy atom. The summed E-state index contributed by atoms with van der Waals surface area (Å²) in [6, 6.07) is 4.44. The topological polar surface area (TPSA) is 91.7 Å². The molecule has 0 bridgehead atoms. The number of aromatic nitrogens is 2. The summed E-state index contributed by atoms with van der Waals surface area (Å²) in [6.45, 7) is 0.865. The Labute approximate surface area is 153 Å². The number of hydrogen-bond donors (Lipinski definition) is 1. The van der Waals surface area contributed by atoms with E-state index in [1.807, 2.05) is 0 Å². The molecule has 0 radical (unpaired) electrons. The average molecular weight is 381 g/mol. The lowest BCUT2D eigenvalue weighted by atomic mass is 10.1. The highest BCUT2D eigenvalue weighted by atomic mass is 32.2. The third-order valence-corrected chi connectivity index (χ3v) is 5.90. The number of rotatable bonds is 6. The number of nitrogens with one attached hydrogen (secondary N) is 1. The van der Waals surface area contributed by atoms with Gasteiger partial charge in [-0.2, -0.15) is 5.10 Å². The van der Waals surface area contributed by atoms with Crippen molar-refractivity contribution in [3.8, 4) is 16.9 Å². The zero-order valence-corrected chi connectivity index (χ0v) is 15.8. The second-order valence-corrected chi connectivity index (χ2v) is 7.84. The minimum Gasteiger partial charge on any atom is -0.496 e. The molecule has 0 aliphatic carbocycles. The maximum atomic E-state index is 12.9. The summed E-state index contributed by atoms with van der Waals surface area (Å²) in [5, 5.41) is 4.14. The second-order valence-electron chi connectivity index (χ2n) is 6.13. The molecular formula is C17H23N3O5S. The van der Waals surface area contributed by atoms with E-state index in [1.54, 1.807) is 50.5 Å². The van der Waals surface area contributed by atoms with Crippen LogP contribution in [0.1, 0.15) is 6.42 Å². The molecule has 1 aromatic carbocycles. The quantitative estimate of drug-likeness (QED) is 0.808. The van der Waals surface area contributed by atoms with Gasteiger partial charge in [0.15, 0.2) is 0 Å². The van der Waals surface area contributed by atoms with E-state index in [-0.39, 0.29) is 17.0 Å². The molecule has 26 heavy (non-hydrogen) atoms. The minimum atomic E-state index is -3.72. The summed E-state index contributed by atoms with van der Waals surface area (Å²) in [4.78, 5) is 0.165. The molecule has 2 atom stereocenters. The molecule has 1 saturated heterocycles. The predicted octanol–water partition coefficient (Wildman–Crippen LogP) is 1.18. The van der Waals surface area contributed by atoms with Gasteiger partial charge in [-0.3, -0.25) is 4.68 Å². The molecule has 1 N–H and O–H groups in total. The van der Waals surface area contributed by atoms with Crippen molar-refractivity contribution in [1.29, 1.82) is 0 Å². The van der Waals surface area contributed by atoms with Gasteiger partial charge in [-0.1, -0.05) is 0 Å². The highest BCUT2D eigenvalue weighted by molar-refractivity contribution is 7.89. The lowest BCUT2D eigenvalue weighted by molar-refractivity contribution is -0.0448. The van der Waals surface area contributed by atoms with Crippen LogP contribution in [0.25, 0.3) is 11.1 Å². The number of hydrogen-bond acceptors (Lipinski definition) is 6. The summed E-state index contributed by atoms with van der Waals surface area (Å²) in [6.07, 6.45) is 3.72. The normalized spacial score (nSPS) is 20.9. The highest BCUT2D eigenvalue weighted by Gasteiger charge is 2.30. The van der Waals surface area contributed by atoms with Crippen LogP contribution < -0.4 is 9.46 Å². The van der Waals surface area contributed by atoms with Gasteiger partial charge in [0.05, 0.1) is 37.0 Å². The van der Waals surface area contributed by atoms with Crippen LogP contribution in [0.4, 0.5) is 0 Å². The van der Waals surface area contributed by atoms with Gasteiger partial charge in [0.1, 0.15) is 5.75 Å². The van der Waals surface area contributed by atoms with E-state index in [2.05, 4.69) is 9.82 Å². The summed E-state index contributed by atoms with van der Waals surface area (Å²) >= 11 is 0. The van der Waals surface area contributed by atoms with Crippen molar-refractivity contribution in [1.82, 2.24) is 14.5 Å². The zero-order valence-electron chi connectivity index (χ0n) is 15.0. The maximum Gasteiger partial charge on any atom is 0.240 e. The number of ether oxygens (including phenoxy) is 3. The van der Waals surface area contributed by atoms with Crippen molar-refractivity contribution in [2.45, 2.75) is 23.5 Å². The van der Waals surface area contributed by atoms with Crippen LogP contribution in [-0.4, -0.2) is 57.8 Å². The van der Waals surface area contributed by atoms with Gasteiger partial charge in [0.2, 0.25) is 10.0 Å². The average Bonchev–Trinajstić information content (AvgIpc) is 3.07. The number of methoxy groups -OCH3 is 2. The molecule has 1 fully saturated rings. The first-order valence-electron chi connectivity index (χ1n) is 8.24. The van der Waals surface area contributed by atoms with Crippen LogP contribution in [0.15, 0.2) is 35.5 Å². The van der Waals surface area contributed by atoms with Gasteiger partial charge in [-0.25, -0.2) is 13.1 Å². The lowest BCUT2D eigenvalue weighted by Crippen LogP contribution is -2.49.